The number of amides is 2. The molecule has 0 aliphatic heterocycles. The first-order valence-corrected chi connectivity index (χ1v) is 10.4. The van der Waals surface area contributed by atoms with Crippen LogP contribution in [-0.4, -0.2) is 46.6 Å². The number of pyridine rings is 1. The molecule has 0 saturated heterocycles. The van der Waals surface area contributed by atoms with Crippen molar-refractivity contribution in [3.63, 3.8) is 0 Å². The van der Waals surface area contributed by atoms with E-state index >= 15 is 0 Å². The summed E-state index contributed by atoms with van der Waals surface area (Å²) in [7, 11) is 2.96. The highest BCUT2D eigenvalue weighted by Gasteiger charge is 2.24. The summed E-state index contributed by atoms with van der Waals surface area (Å²) in [5.74, 6) is -0.108. The fourth-order valence-electron chi connectivity index (χ4n) is 3.31. The van der Waals surface area contributed by atoms with Crippen LogP contribution in [-0.2, 0) is 22.7 Å². The first-order valence-electron chi connectivity index (χ1n) is 10.4. The number of carbonyl (C=O) groups is 2. The third-order valence-corrected chi connectivity index (χ3v) is 5.13. The molecule has 0 unspecified atom stereocenters. The van der Waals surface area contributed by atoms with Gasteiger partial charge in [-0.3, -0.25) is 23.9 Å². The predicted octanol–water partition coefficient (Wildman–Crippen LogP) is 1.27. The Morgan fingerprint density at radius 3 is 2.39 bits per heavy atom. The Hall–Kier alpha value is -3.95. The van der Waals surface area contributed by atoms with E-state index in [1.54, 1.807) is 30.6 Å². The molecule has 33 heavy (non-hydrogen) atoms. The molecule has 0 aliphatic rings. The summed E-state index contributed by atoms with van der Waals surface area (Å²) in [5.41, 5.74) is 0.914. The Morgan fingerprint density at radius 2 is 1.76 bits per heavy atom. The van der Waals surface area contributed by atoms with E-state index in [0.29, 0.717) is 28.9 Å². The molecule has 0 aliphatic carbocycles. The first-order chi connectivity index (χ1) is 15.8. The van der Waals surface area contributed by atoms with Crippen molar-refractivity contribution in [1.82, 2.24) is 25.2 Å². The number of hydrogen-bond donors (Lipinski definition) is 2. The van der Waals surface area contributed by atoms with Crippen LogP contribution in [0.1, 0.15) is 19.4 Å². The minimum atomic E-state index is -0.757. The second kappa shape index (κ2) is 10.6. The lowest BCUT2D eigenvalue weighted by atomic mass is 10.0. The topological polar surface area (TPSA) is 124 Å². The zero-order chi connectivity index (χ0) is 24.0. The largest absolute Gasteiger partial charge is 0.493 e. The fraction of sp³-hybridized carbons (Fsp3) is 0.348. The van der Waals surface area contributed by atoms with E-state index in [1.165, 1.54) is 31.2 Å². The van der Waals surface area contributed by atoms with Gasteiger partial charge in [0.05, 0.1) is 31.4 Å². The highest BCUT2D eigenvalue weighted by Crippen LogP contribution is 2.29. The first kappa shape index (κ1) is 23.7. The van der Waals surface area contributed by atoms with Crippen LogP contribution in [0.5, 0.6) is 11.5 Å². The van der Waals surface area contributed by atoms with Gasteiger partial charge < -0.3 is 20.1 Å². The van der Waals surface area contributed by atoms with Crippen LogP contribution >= 0.6 is 0 Å². The lowest BCUT2D eigenvalue weighted by Gasteiger charge is -2.22. The van der Waals surface area contributed by atoms with Crippen molar-refractivity contribution in [2.45, 2.75) is 33.0 Å². The molecule has 2 heterocycles. The molecule has 2 aromatic heterocycles. The summed E-state index contributed by atoms with van der Waals surface area (Å²) >= 11 is 0. The molecular formula is C23H27N5O5. The summed E-state index contributed by atoms with van der Waals surface area (Å²) in [4.78, 5) is 46.5. The molecule has 0 bridgehead atoms. The van der Waals surface area contributed by atoms with Gasteiger partial charge >= 0.3 is 0 Å². The van der Waals surface area contributed by atoms with Gasteiger partial charge in [-0.2, -0.15) is 0 Å². The summed E-state index contributed by atoms with van der Waals surface area (Å²) in [6, 6.07) is 5.97. The Kier molecular flexibility index (Phi) is 7.60. The maximum Gasteiger partial charge on any atom is 0.261 e. The third kappa shape index (κ3) is 5.65. The van der Waals surface area contributed by atoms with Crippen LogP contribution in [0.4, 0.5) is 0 Å². The zero-order valence-electron chi connectivity index (χ0n) is 19.0. The lowest BCUT2D eigenvalue weighted by Crippen LogP contribution is -2.50. The Morgan fingerprint density at radius 1 is 1.09 bits per heavy atom. The summed E-state index contributed by atoms with van der Waals surface area (Å²) in [6.45, 7) is 3.71. The smallest absolute Gasteiger partial charge is 0.261 e. The standard InChI is InChI=1S/C23H27N5O5/c1-14(2)21(22(30)25-11-15-5-7-24-8-6-15)27-20(29)12-28-13-26-17-10-19(33-4)18(32-3)9-16(17)23(28)31/h5-10,13-14,21H,11-12H2,1-4H3,(H,25,30)(H,27,29)/t21-/m0/s1. The van der Waals surface area contributed by atoms with Crippen LogP contribution in [0.3, 0.4) is 0 Å². The molecule has 10 heteroatoms. The van der Waals surface area contributed by atoms with E-state index in [9.17, 15) is 14.4 Å². The molecule has 0 fully saturated rings. The molecule has 10 nitrogen and oxygen atoms in total. The molecule has 2 N–H and O–H groups in total. The molecule has 3 rings (SSSR count). The van der Waals surface area contributed by atoms with Crippen molar-refractivity contribution in [2.75, 3.05) is 14.2 Å². The van der Waals surface area contributed by atoms with E-state index in [1.807, 2.05) is 13.8 Å². The van der Waals surface area contributed by atoms with Crippen LogP contribution < -0.4 is 25.7 Å². The summed E-state index contributed by atoms with van der Waals surface area (Å²) < 4.78 is 11.7. The minimum Gasteiger partial charge on any atom is -0.493 e. The number of methoxy groups -OCH3 is 2. The van der Waals surface area contributed by atoms with Gasteiger partial charge in [-0.25, -0.2) is 4.98 Å². The molecule has 0 spiro atoms. The van der Waals surface area contributed by atoms with Gasteiger partial charge in [-0.15, -0.1) is 0 Å². The van der Waals surface area contributed by atoms with Crippen molar-refractivity contribution in [2.24, 2.45) is 5.92 Å². The minimum absolute atomic E-state index is 0.158. The summed E-state index contributed by atoms with van der Waals surface area (Å²) in [5, 5.41) is 5.83. The third-order valence-electron chi connectivity index (χ3n) is 5.13. The number of hydrogen-bond acceptors (Lipinski definition) is 7. The van der Waals surface area contributed by atoms with Crippen molar-refractivity contribution in [1.29, 1.82) is 0 Å². The number of nitrogens with zero attached hydrogens (tertiary/aromatic N) is 3. The predicted molar refractivity (Wildman–Crippen MR) is 122 cm³/mol. The quantitative estimate of drug-likeness (QED) is 0.500. The number of benzene rings is 1. The van der Waals surface area contributed by atoms with Crippen LogP contribution in [0.25, 0.3) is 10.9 Å². The van der Waals surface area contributed by atoms with Crippen molar-refractivity contribution >= 4 is 22.7 Å². The SMILES string of the molecule is COc1cc2ncn(CC(=O)N[C@H](C(=O)NCc3ccncc3)C(C)C)c(=O)c2cc1OC. The monoisotopic (exact) mass is 453 g/mol. The number of aromatic nitrogens is 3. The van der Waals surface area contributed by atoms with Gasteiger partial charge in [0.2, 0.25) is 11.8 Å². The highest BCUT2D eigenvalue weighted by atomic mass is 16.5. The number of nitrogens with one attached hydrogen (secondary N) is 2. The Bertz CT molecular complexity index is 1190. The number of carbonyl (C=O) groups excluding carboxylic acids is 2. The molecule has 1 aromatic carbocycles. The van der Waals surface area contributed by atoms with Crippen LogP contribution in [0, 0.1) is 5.92 Å². The van der Waals surface area contributed by atoms with E-state index < -0.39 is 17.5 Å². The highest BCUT2D eigenvalue weighted by molar-refractivity contribution is 5.88. The summed E-state index contributed by atoms with van der Waals surface area (Å²) in [6.07, 6.45) is 4.58. The fourth-order valence-corrected chi connectivity index (χ4v) is 3.31. The Labute approximate surface area is 190 Å². The van der Waals surface area contributed by atoms with E-state index in [2.05, 4.69) is 20.6 Å². The zero-order valence-corrected chi connectivity index (χ0v) is 19.0. The average molecular weight is 453 g/mol. The molecular weight excluding hydrogens is 426 g/mol. The van der Waals surface area contributed by atoms with Crippen molar-refractivity contribution in [3.05, 3.63) is 58.9 Å². The second-order valence-electron chi connectivity index (χ2n) is 7.76. The van der Waals surface area contributed by atoms with Crippen molar-refractivity contribution < 1.29 is 19.1 Å². The van der Waals surface area contributed by atoms with Crippen LogP contribution in [0.15, 0.2) is 47.8 Å². The lowest BCUT2D eigenvalue weighted by molar-refractivity contribution is -0.130. The van der Waals surface area contributed by atoms with E-state index in [0.717, 1.165) is 5.56 Å². The number of ether oxygens (including phenoxy) is 2. The van der Waals surface area contributed by atoms with Gasteiger partial charge in [0.25, 0.3) is 5.56 Å². The molecule has 2 amide bonds. The maximum absolute atomic E-state index is 12.9. The normalized spacial score (nSPS) is 11.8. The van der Waals surface area contributed by atoms with Gasteiger partial charge in [-0.05, 0) is 29.7 Å². The second-order valence-corrected chi connectivity index (χ2v) is 7.76. The molecule has 3 aromatic rings. The molecule has 1 atom stereocenters. The van der Waals surface area contributed by atoms with Gasteiger partial charge in [0.1, 0.15) is 12.6 Å². The van der Waals surface area contributed by atoms with Gasteiger partial charge in [-0.1, -0.05) is 13.8 Å². The van der Waals surface area contributed by atoms with Crippen LogP contribution in [0.2, 0.25) is 0 Å². The van der Waals surface area contributed by atoms with E-state index in [4.69, 9.17) is 9.47 Å². The Balaban J connectivity index is 1.73. The number of fused-ring (bicyclic) bond motifs is 1. The van der Waals surface area contributed by atoms with E-state index in [-0.39, 0.29) is 18.4 Å². The maximum atomic E-state index is 12.9. The number of rotatable bonds is 9. The van der Waals surface area contributed by atoms with Crippen molar-refractivity contribution in [3.8, 4) is 11.5 Å². The molecule has 0 saturated carbocycles. The van der Waals surface area contributed by atoms with Gasteiger partial charge in [0.15, 0.2) is 11.5 Å². The molecule has 0 radical (unpaired) electrons. The van der Waals surface area contributed by atoms with Gasteiger partial charge in [0, 0.05) is 25.0 Å². The molecule has 174 valence electrons. The average Bonchev–Trinajstić information content (AvgIpc) is 2.82.